The van der Waals surface area contributed by atoms with Gasteiger partial charge in [-0.05, 0) is 30.7 Å². The van der Waals surface area contributed by atoms with Gasteiger partial charge < -0.3 is 5.11 Å². The van der Waals surface area contributed by atoms with Crippen LogP contribution >= 0.6 is 0 Å². The maximum Gasteiger partial charge on any atom is 0.358 e. The predicted molar refractivity (Wildman–Crippen MR) is 78.4 cm³/mol. The van der Waals surface area contributed by atoms with Crippen molar-refractivity contribution in [2.24, 2.45) is 0 Å². The lowest BCUT2D eigenvalue weighted by molar-refractivity contribution is 0.0691. The number of benzene rings is 2. The Morgan fingerprint density at radius 1 is 1.14 bits per heavy atom. The summed E-state index contributed by atoms with van der Waals surface area (Å²) in [6.07, 6.45) is 0. The number of carboxylic acids is 1. The fraction of sp³-hybridized carbons (Fsp3) is 0.0625. The van der Waals surface area contributed by atoms with Crippen molar-refractivity contribution >= 4 is 5.97 Å². The van der Waals surface area contributed by atoms with Crippen LogP contribution < -0.4 is 0 Å². The Bertz CT molecular complexity index is 858. The highest BCUT2D eigenvalue weighted by molar-refractivity contribution is 5.93. The molecular formula is C16H12FN3O2. The molecule has 0 saturated heterocycles. The molecule has 22 heavy (non-hydrogen) atoms. The summed E-state index contributed by atoms with van der Waals surface area (Å²) in [5, 5.41) is 16.9. The predicted octanol–water partition coefficient (Wildman–Crippen LogP) is 3.08. The van der Waals surface area contributed by atoms with Gasteiger partial charge in [0.15, 0.2) is 5.69 Å². The summed E-state index contributed by atoms with van der Waals surface area (Å²) in [6.45, 7) is 1.86. The van der Waals surface area contributed by atoms with Gasteiger partial charge in [0.25, 0.3) is 0 Å². The van der Waals surface area contributed by atoms with Gasteiger partial charge in [-0.1, -0.05) is 35.5 Å². The summed E-state index contributed by atoms with van der Waals surface area (Å²) in [5.74, 6) is -1.78. The largest absolute Gasteiger partial charge is 0.476 e. The lowest BCUT2D eigenvalue weighted by Crippen LogP contribution is -2.05. The van der Waals surface area contributed by atoms with Crippen molar-refractivity contribution in [3.05, 3.63) is 65.6 Å². The molecule has 2 aromatic carbocycles. The van der Waals surface area contributed by atoms with Gasteiger partial charge in [0.2, 0.25) is 0 Å². The molecule has 3 aromatic rings. The van der Waals surface area contributed by atoms with Gasteiger partial charge >= 0.3 is 5.97 Å². The number of hydrogen-bond donors (Lipinski definition) is 1. The summed E-state index contributed by atoms with van der Waals surface area (Å²) in [4.78, 5) is 11.4. The standard InChI is InChI=1S/C16H12FN3O2/c1-10-6-2-5-9-13(10)20-15(14(16(21)22)18-19-20)11-7-3-4-8-12(11)17/h2-9H,1H3,(H,21,22). The smallest absolute Gasteiger partial charge is 0.358 e. The Labute approximate surface area is 125 Å². The number of halogens is 1. The zero-order chi connectivity index (χ0) is 15.7. The minimum atomic E-state index is -1.25. The third kappa shape index (κ3) is 2.24. The van der Waals surface area contributed by atoms with Crippen LogP contribution in [-0.4, -0.2) is 26.1 Å². The van der Waals surface area contributed by atoms with Gasteiger partial charge in [0.1, 0.15) is 11.5 Å². The second-order valence-corrected chi connectivity index (χ2v) is 4.77. The molecule has 0 saturated carbocycles. The monoisotopic (exact) mass is 297 g/mol. The highest BCUT2D eigenvalue weighted by Crippen LogP contribution is 2.28. The van der Waals surface area contributed by atoms with E-state index in [4.69, 9.17) is 0 Å². The number of para-hydroxylation sites is 1. The van der Waals surface area contributed by atoms with Crippen LogP contribution in [0.1, 0.15) is 16.1 Å². The van der Waals surface area contributed by atoms with Gasteiger partial charge in [-0.3, -0.25) is 0 Å². The van der Waals surface area contributed by atoms with Crippen molar-refractivity contribution in [3.8, 4) is 16.9 Å². The molecule has 5 nitrogen and oxygen atoms in total. The molecule has 0 amide bonds. The van der Waals surface area contributed by atoms with E-state index >= 15 is 0 Å². The molecule has 1 aromatic heterocycles. The Morgan fingerprint density at radius 3 is 2.50 bits per heavy atom. The third-order valence-electron chi connectivity index (χ3n) is 3.35. The molecule has 0 atom stereocenters. The molecule has 0 spiro atoms. The molecule has 0 unspecified atom stereocenters. The van der Waals surface area contributed by atoms with E-state index in [2.05, 4.69) is 10.3 Å². The van der Waals surface area contributed by atoms with Crippen LogP contribution in [0.3, 0.4) is 0 Å². The summed E-state index contributed by atoms with van der Waals surface area (Å²) in [5.41, 5.74) is 1.52. The normalized spacial score (nSPS) is 10.6. The van der Waals surface area contributed by atoms with Crippen LogP contribution in [-0.2, 0) is 0 Å². The number of carbonyl (C=O) groups is 1. The molecule has 6 heteroatoms. The highest BCUT2D eigenvalue weighted by atomic mass is 19.1. The first-order valence-corrected chi connectivity index (χ1v) is 6.59. The fourth-order valence-electron chi connectivity index (χ4n) is 2.29. The summed E-state index contributed by atoms with van der Waals surface area (Å²) in [6, 6.07) is 13.3. The topological polar surface area (TPSA) is 68.0 Å². The van der Waals surface area contributed by atoms with Gasteiger partial charge in [0.05, 0.1) is 5.69 Å². The number of aromatic carboxylic acids is 1. The zero-order valence-corrected chi connectivity index (χ0v) is 11.7. The minimum absolute atomic E-state index is 0.125. The van der Waals surface area contributed by atoms with E-state index in [-0.39, 0.29) is 17.0 Å². The molecule has 1 heterocycles. The summed E-state index contributed by atoms with van der Waals surface area (Å²) in [7, 11) is 0. The Morgan fingerprint density at radius 2 is 1.82 bits per heavy atom. The molecule has 3 rings (SSSR count). The van der Waals surface area contributed by atoms with E-state index < -0.39 is 11.8 Å². The molecule has 0 aliphatic carbocycles. The van der Waals surface area contributed by atoms with Crippen LogP contribution in [0.2, 0.25) is 0 Å². The van der Waals surface area contributed by atoms with Crippen LogP contribution in [0.4, 0.5) is 4.39 Å². The van der Waals surface area contributed by atoms with E-state index in [9.17, 15) is 14.3 Å². The van der Waals surface area contributed by atoms with Gasteiger partial charge in [-0.15, -0.1) is 5.10 Å². The first kappa shape index (κ1) is 13.9. The average Bonchev–Trinajstić information content (AvgIpc) is 2.93. The van der Waals surface area contributed by atoms with Crippen LogP contribution in [0.15, 0.2) is 48.5 Å². The van der Waals surface area contributed by atoms with Crippen molar-refractivity contribution in [1.29, 1.82) is 0 Å². The SMILES string of the molecule is Cc1ccccc1-n1nnc(C(=O)O)c1-c1ccccc1F. The highest BCUT2D eigenvalue weighted by Gasteiger charge is 2.24. The lowest BCUT2D eigenvalue weighted by atomic mass is 10.1. The van der Waals surface area contributed by atoms with E-state index in [0.29, 0.717) is 5.69 Å². The van der Waals surface area contributed by atoms with Gasteiger partial charge in [0, 0.05) is 5.56 Å². The van der Waals surface area contributed by atoms with Crippen LogP contribution in [0.25, 0.3) is 16.9 Å². The quantitative estimate of drug-likeness (QED) is 0.806. The Balaban J connectivity index is 2.33. The van der Waals surface area contributed by atoms with Crippen LogP contribution in [0, 0.1) is 12.7 Å². The van der Waals surface area contributed by atoms with E-state index in [1.54, 1.807) is 24.3 Å². The molecule has 0 bridgehead atoms. The maximum atomic E-state index is 14.1. The van der Waals surface area contributed by atoms with Gasteiger partial charge in [-0.2, -0.15) is 0 Å². The minimum Gasteiger partial charge on any atom is -0.476 e. The van der Waals surface area contributed by atoms with Crippen LogP contribution in [0.5, 0.6) is 0 Å². The lowest BCUT2D eigenvalue weighted by Gasteiger charge is -2.10. The Kier molecular flexibility index (Phi) is 3.42. The van der Waals surface area contributed by atoms with E-state index in [1.807, 2.05) is 19.1 Å². The molecule has 0 radical (unpaired) electrons. The third-order valence-corrected chi connectivity index (χ3v) is 3.35. The number of aryl methyl sites for hydroxylation is 1. The number of nitrogens with zero attached hydrogens (tertiary/aromatic N) is 3. The summed E-state index contributed by atoms with van der Waals surface area (Å²) >= 11 is 0. The molecule has 110 valence electrons. The number of rotatable bonds is 3. The summed E-state index contributed by atoms with van der Waals surface area (Å²) < 4.78 is 15.5. The van der Waals surface area contributed by atoms with Crippen molar-refractivity contribution in [1.82, 2.24) is 15.0 Å². The first-order chi connectivity index (χ1) is 10.6. The fourth-order valence-corrected chi connectivity index (χ4v) is 2.29. The van der Waals surface area contributed by atoms with Gasteiger partial charge in [-0.25, -0.2) is 13.9 Å². The second-order valence-electron chi connectivity index (χ2n) is 4.77. The van der Waals surface area contributed by atoms with E-state index in [0.717, 1.165) is 5.56 Å². The molecule has 1 N–H and O–H groups in total. The van der Waals surface area contributed by atoms with Crippen molar-refractivity contribution in [3.63, 3.8) is 0 Å². The van der Waals surface area contributed by atoms with Crippen molar-refractivity contribution in [2.75, 3.05) is 0 Å². The molecule has 0 fully saturated rings. The first-order valence-electron chi connectivity index (χ1n) is 6.59. The number of hydrogen-bond acceptors (Lipinski definition) is 3. The molecular weight excluding hydrogens is 285 g/mol. The Hall–Kier alpha value is -3.02. The van der Waals surface area contributed by atoms with Crippen molar-refractivity contribution in [2.45, 2.75) is 6.92 Å². The number of aromatic nitrogens is 3. The number of carboxylic acid groups (broad SMARTS) is 1. The molecule has 0 aliphatic heterocycles. The van der Waals surface area contributed by atoms with Crippen molar-refractivity contribution < 1.29 is 14.3 Å². The zero-order valence-electron chi connectivity index (χ0n) is 11.7. The van der Waals surface area contributed by atoms with E-state index in [1.165, 1.54) is 16.8 Å². The average molecular weight is 297 g/mol. The second kappa shape index (κ2) is 5.40. The maximum absolute atomic E-state index is 14.1. The molecule has 0 aliphatic rings.